The van der Waals surface area contributed by atoms with Crippen molar-refractivity contribution in [2.75, 3.05) is 5.32 Å². The lowest BCUT2D eigenvalue weighted by Gasteiger charge is -2.10. The van der Waals surface area contributed by atoms with Gasteiger partial charge in [-0.05, 0) is 41.5 Å². The quantitative estimate of drug-likeness (QED) is 0.618. The molecule has 0 bridgehead atoms. The van der Waals surface area contributed by atoms with Gasteiger partial charge in [0.15, 0.2) is 17.3 Å². The summed E-state index contributed by atoms with van der Waals surface area (Å²) in [5, 5.41) is 3.36. The summed E-state index contributed by atoms with van der Waals surface area (Å²) < 4.78 is 25.6. The van der Waals surface area contributed by atoms with Gasteiger partial charge in [-0.25, -0.2) is 4.98 Å². The van der Waals surface area contributed by atoms with E-state index in [0.29, 0.717) is 28.7 Å². The number of hydrogen-bond acceptors (Lipinski definition) is 4. The SMILES string of the molecule is CC1(F)Oc2ccc(/C=C/C(=O)Nc3cn(Cc4cccc(Cl)c4)cn3)cc2O1. The highest BCUT2D eigenvalue weighted by atomic mass is 35.5. The second-order valence-corrected chi connectivity index (χ2v) is 7.07. The summed E-state index contributed by atoms with van der Waals surface area (Å²) in [7, 11) is 0. The molecule has 1 amide bonds. The highest BCUT2D eigenvalue weighted by Gasteiger charge is 2.36. The zero-order chi connectivity index (χ0) is 20.4. The number of hydrogen-bond donors (Lipinski definition) is 1. The second kappa shape index (κ2) is 7.60. The third-order valence-corrected chi connectivity index (χ3v) is 4.35. The highest BCUT2D eigenvalue weighted by molar-refractivity contribution is 6.30. The number of halogens is 2. The van der Waals surface area contributed by atoms with E-state index >= 15 is 0 Å². The molecule has 1 N–H and O–H groups in total. The van der Waals surface area contributed by atoms with Gasteiger partial charge in [-0.1, -0.05) is 29.8 Å². The molecule has 3 aromatic rings. The van der Waals surface area contributed by atoms with Gasteiger partial charge in [0.2, 0.25) is 5.91 Å². The molecule has 0 spiro atoms. The molecular formula is C21H17ClFN3O3. The van der Waals surface area contributed by atoms with Crippen molar-refractivity contribution >= 4 is 29.4 Å². The summed E-state index contributed by atoms with van der Waals surface area (Å²) in [5.74, 6) is 0.700. The van der Waals surface area contributed by atoms with Crippen molar-refractivity contribution in [1.82, 2.24) is 9.55 Å². The molecule has 1 aliphatic rings. The van der Waals surface area contributed by atoms with Crippen molar-refractivity contribution in [3.8, 4) is 11.5 Å². The van der Waals surface area contributed by atoms with E-state index < -0.39 is 6.04 Å². The highest BCUT2D eigenvalue weighted by Crippen LogP contribution is 2.40. The van der Waals surface area contributed by atoms with Crippen molar-refractivity contribution in [3.05, 3.63) is 77.2 Å². The van der Waals surface area contributed by atoms with Crippen LogP contribution in [0.5, 0.6) is 11.5 Å². The van der Waals surface area contributed by atoms with Gasteiger partial charge in [0.05, 0.1) is 6.33 Å². The van der Waals surface area contributed by atoms with Crippen LogP contribution in [0.25, 0.3) is 6.08 Å². The molecule has 2 heterocycles. The molecule has 0 radical (unpaired) electrons. The summed E-state index contributed by atoms with van der Waals surface area (Å²) in [5.41, 5.74) is 1.70. The van der Waals surface area contributed by atoms with Crippen LogP contribution in [0.2, 0.25) is 5.02 Å². The number of alkyl halides is 1. The summed E-state index contributed by atoms with van der Waals surface area (Å²) >= 11 is 5.99. The Morgan fingerprint density at radius 3 is 2.93 bits per heavy atom. The van der Waals surface area contributed by atoms with Gasteiger partial charge in [-0.3, -0.25) is 4.79 Å². The van der Waals surface area contributed by atoms with Crippen LogP contribution < -0.4 is 14.8 Å². The number of anilines is 1. The molecule has 0 saturated heterocycles. The molecule has 0 aliphatic carbocycles. The summed E-state index contributed by atoms with van der Waals surface area (Å²) in [4.78, 5) is 16.3. The van der Waals surface area contributed by atoms with Crippen molar-refractivity contribution in [2.45, 2.75) is 19.5 Å². The number of ether oxygens (including phenoxy) is 2. The predicted octanol–water partition coefficient (Wildman–Crippen LogP) is 4.65. The number of nitrogens with one attached hydrogen (secondary N) is 1. The fourth-order valence-corrected chi connectivity index (χ4v) is 3.12. The van der Waals surface area contributed by atoms with Crippen molar-refractivity contribution < 1.29 is 18.7 Å². The summed E-state index contributed by atoms with van der Waals surface area (Å²) in [6, 6.07) is 10.3. The monoisotopic (exact) mass is 413 g/mol. The molecule has 4 rings (SSSR count). The third-order valence-electron chi connectivity index (χ3n) is 4.12. The van der Waals surface area contributed by atoms with E-state index in [1.165, 1.54) is 13.0 Å². The number of carbonyl (C=O) groups excluding carboxylic acids is 1. The van der Waals surface area contributed by atoms with Gasteiger partial charge in [0.1, 0.15) is 0 Å². The van der Waals surface area contributed by atoms with Crippen LogP contribution in [0.4, 0.5) is 10.2 Å². The first-order chi connectivity index (χ1) is 13.9. The maximum Gasteiger partial charge on any atom is 0.404 e. The molecule has 148 valence electrons. The first-order valence-electron chi connectivity index (χ1n) is 8.83. The van der Waals surface area contributed by atoms with Crippen LogP contribution in [0.15, 0.2) is 61.1 Å². The Morgan fingerprint density at radius 1 is 1.28 bits per heavy atom. The zero-order valence-corrected chi connectivity index (χ0v) is 16.2. The lowest BCUT2D eigenvalue weighted by atomic mass is 10.2. The fourth-order valence-electron chi connectivity index (χ4n) is 2.90. The van der Waals surface area contributed by atoms with Gasteiger partial charge in [-0.2, -0.15) is 4.39 Å². The van der Waals surface area contributed by atoms with Gasteiger partial charge in [-0.15, -0.1) is 0 Å². The number of nitrogens with zero attached hydrogens (tertiary/aromatic N) is 2. The van der Waals surface area contributed by atoms with Crippen molar-refractivity contribution in [1.29, 1.82) is 0 Å². The van der Waals surface area contributed by atoms with Gasteiger partial charge in [0.25, 0.3) is 0 Å². The summed E-state index contributed by atoms with van der Waals surface area (Å²) in [6.45, 7) is 1.77. The number of benzene rings is 2. The number of carbonyl (C=O) groups is 1. The van der Waals surface area contributed by atoms with Crippen LogP contribution in [0, 0.1) is 0 Å². The van der Waals surface area contributed by atoms with Crippen LogP contribution in [0.3, 0.4) is 0 Å². The molecule has 8 heteroatoms. The molecular weight excluding hydrogens is 397 g/mol. The minimum atomic E-state index is -2.17. The van der Waals surface area contributed by atoms with Gasteiger partial charge < -0.3 is 19.4 Å². The molecule has 0 fully saturated rings. The number of fused-ring (bicyclic) bond motifs is 1. The van der Waals surface area contributed by atoms with E-state index in [9.17, 15) is 9.18 Å². The van der Waals surface area contributed by atoms with E-state index in [0.717, 1.165) is 5.56 Å². The lowest BCUT2D eigenvalue weighted by molar-refractivity contribution is -0.173. The molecule has 1 unspecified atom stereocenters. The Labute approximate surface area is 171 Å². The van der Waals surface area contributed by atoms with Crippen molar-refractivity contribution in [3.63, 3.8) is 0 Å². The van der Waals surface area contributed by atoms with E-state index in [1.54, 1.807) is 36.8 Å². The Balaban J connectivity index is 1.36. The number of imidazole rings is 1. The largest absolute Gasteiger partial charge is 0.423 e. The molecule has 1 atom stereocenters. The Morgan fingerprint density at radius 2 is 2.10 bits per heavy atom. The standard InChI is InChI=1S/C21H17ClFN3O3/c1-21(23)28-17-7-5-14(10-18(17)29-21)6-8-20(27)25-19-12-26(13-24-19)11-15-3-2-4-16(22)9-15/h2-10,12-13H,11H2,1H3,(H,25,27)/b8-6+. The average Bonchev–Trinajstić information content (AvgIpc) is 3.21. The van der Waals surface area contributed by atoms with E-state index in [-0.39, 0.29) is 11.7 Å². The second-order valence-electron chi connectivity index (χ2n) is 6.63. The number of rotatable bonds is 5. The van der Waals surface area contributed by atoms with Crippen molar-refractivity contribution in [2.24, 2.45) is 0 Å². The summed E-state index contributed by atoms with van der Waals surface area (Å²) in [6.07, 6.45) is 6.32. The number of aromatic nitrogens is 2. The third kappa shape index (κ3) is 4.75. The molecule has 1 aromatic heterocycles. The topological polar surface area (TPSA) is 65.4 Å². The van der Waals surface area contributed by atoms with E-state index in [1.807, 2.05) is 28.8 Å². The maximum absolute atomic E-state index is 13.7. The average molecular weight is 414 g/mol. The fraction of sp³-hybridized carbons (Fsp3) is 0.143. The normalized spacial score (nSPS) is 17.6. The zero-order valence-electron chi connectivity index (χ0n) is 15.4. The first-order valence-corrected chi connectivity index (χ1v) is 9.20. The molecule has 0 saturated carbocycles. The Hall–Kier alpha value is -3.32. The molecule has 1 aliphatic heterocycles. The Kier molecular flexibility index (Phi) is 4.98. The Bertz CT molecular complexity index is 1090. The van der Waals surface area contributed by atoms with Crippen LogP contribution in [-0.2, 0) is 11.3 Å². The molecule has 6 nitrogen and oxygen atoms in total. The van der Waals surface area contributed by atoms with Gasteiger partial charge in [0, 0.05) is 30.8 Å². The maximum atomic E-state index is 13.7. The smallest absolute Gasteiger partial charge is 0.404 e. The minimum Gasteiger partial charge on any atom is -0.423 e. The minimum absolute atomic E-state index is 0.289. The van der Waals surface area contributed by atoms with E-state index in [2.05, 4.69) is 10.3 Å². The van der Waals surface area contributed by atoms with E-state index in [4.69, 9.17) is 21.1 Å². The number of amides is 1. The molecule has 2 aromatic carbocycles. The van der Waals surface area contributed by atoms with Gasteiger partial charge >= 0.3 is 6.04 Å². The lowest BCUT2D eigenvalue weighted by Crippen LogP contribution is -2.27. The van der Waals surface area contributed by atoms with Crippen LogP contribution >= 0.6 is 11.6 Å². The first kappa shape index (κ1) is 19.0. The molecule has 29 heavy (non-hydrogen) atoms. The predicted molar refractivity (Wildman–Crippen MR) is 108 cm³/mol. The van der Waals surface area contributed by atoms with Crippen LogP contribution in [-0.4, -0.2) is 21.5 Å². The van der Waals surface area contributed by atoms with Crippen LogP contribution in [0.1, 0.15) is 18.1 Å².